The molecule has 2 unspecified atom stereocenters. The lowest BCUT2D eigenvalue weighted by molar-refractivity contribution is 0.160. The van der Waals surface area contributed by atoms with Crippen LogP contribution in [0.2, 0.25) is 0 Å². The van der Waals surface area contributed by atoms with Gasteiger partial charge in [-0.2, -0.15) is 0 Å². The van der Waals surface area contributed by atoms with Gasteiger partial charge in [-0.3, -0.25) is 4.21 Å². The van der Waals surface area contributed by atoms with Crippen LogP contribution in [0.1, 0.15) is 40.5 Å². The zero-order valence-corrected chi connectivity index (χ0v) is 12.6. The van der Waals surface area contributed by atoms with Gasteiger partial charge in [0.1, 0.15) is 0 Å². The van der Waals surface area contributed by atoms with Gasteiger partial charge in [0, 0.05) is 34.4 Å². The Balaban J connectivity index is 3.63. The number of amides is 2. The summed E-state index contributed by atoms with van der Waals surface area (Å²) in [7, 11) is -0.951. The summed E-state index contributed by atoms with van der Waals surface area (Å²) in [6, 6.07) is -0.274. The molecule has 0 aliphatic carbocycles. The Morgan fingerprint density at radius 3 is 2.33 bits per heavy atom. The van der Waals surface area contributed by atoms with E-state index in [1.807, 2.05) is 27.7 Å². The molecule has 0 saturated heterocycles. The van der Waals surface area contributed by atoms with Crippen LogP contribution in [-0.4, -0.2) is 45.0 Å². The summed E-state index contributed by atoms with van der Waals surface area (Å²) in [4.78, 5) is 11.3. The molecule has 0 aromatic carbocycles. The molecule has 0 heterocycles. The van der Waals surface area contributed by atoms with E-state index in [1.54, 1.807) is 0 Å². The van der Waals surface area contributed by atoms with Crippen LogP contribution < -0.4 is 10.6 Å². The maximum absolute atomic E-state index is 11.7. The van der Waals surface area contributed by atoms with Crippen LogP contribution in [0, 0.1) is 0 Å². The van der Waals surface area contributed by atoms with Crippen molar-refractivity contribution < 1.29 is 14.1 Å². The minimum atomic E-state index is -0.951. The van der Waals surface area contributed by atoms with Crippen molar-refractivity contribution in [2.24, 2.45) is 0 Å². The van der Waals surface area contributed by atoms with E-state index in [2.05, 4.69) is 10.6 Å². The van der Waals surface area contributed by atoms with E-state index in [4.69, 9.17) is 0 Å². The van der Waals surface area contributed by atoms with Crippen molar-refractivity contribution in [3.63, 3.8) is 0 Å². The van der Waals surface area contributed by atoms with Gasteiger partial charge >= 0.3 is 6.03 Å². The second-order valence-corrected chi connectivity index (χ2v) is 7.52. The van der Waals surface area contributed by atoms with Crippen molar-refractivity contribution in [1.82, 2.24) is 10.6 Å². The van der Waals surface area contributed by atoms with E-state index in [9.17, 15) is 14.1 Å². The zero-order valence-electron chi connectivity index (χ0n) is 11.8. The molecule has 0 aromatic heterocycles. The van der Waals surface area contributed by atoms with Gasteiger partial charge in [-0.15, -0.1) is 0 Å². The van der Waals surface area contributed by atoms with E-state index >= 15 is 0 Å². The highest BCUT2D eigenvalue weighted by Crippen LogP contribution is 2.10. The van der Waals surface area contributed by atoms with Gasteiger partial charge in [0.05, 0.1) is 6.10 Å². The highest BCUT2D eigenvalue weighted by Gasteiger charge is 2.18. The number of urea groups is 1. The summed E-state index contributed by atoms with van der Waals surface area (Å²) in [5.74, 6) is 0.453. The third-order valence-corrected chi connectivity index (χ3v) is 4.43. The topological polar surface area (TPSA) is 78.4 Å². The smallest absolute Gasteiger partial charge is 0.314 e. The van der Waals surface area contributed by atoms with E-state index in [0.29, 0.717) is 31.7 Å². The molecule has 0 radical (unpaired) electrons. The average molecular weight is 278 g/mol. The fraction of sp³-hybridized carbons (Fsp3) is 0.917. The van der Waals surface area contributed by atoms with Gasteiger partial charge in [0.25, 0.3) is 0 Å². The number of carbonyl (C=O) groups excluding carboxylic acids is 1. The first-order valence-corrected chi connectivity index (χ1v) is 7.67. The molecule has 108 valence electrons. The van der Waals surface area contributed by atoms with Crippen molar-refractivity contribution in [1.29, 1.82) is 0 Å². The van der Waals surface area contributed by atoms with Gasteiger partial charge in [-0.1, -0.05) is 6.92 Å². The second-order valence-electron chi connectivity index (χ2n) is 5.20. The Kier molecular flexibility index (Phi) is 8.18. The average Bonchev–Trinajstić information content (AvgIpc) is 2.27. The van der Waals surface area contributed by atoms with Crippen molar-refractivity contribution >= 4 is 16.8 Å². The number of carbonyl (C=O) groups is 1. The number of hydrogen-bond donors (Lipinski definition) is 3. The summed E-state index contributed by atoms with van der Waals surface area (Å²) >= 11 is 0. The number of nitrogens with one attached hydrogen (secondary N) is 2. The minimum absolute atomic E-state index is 0.247. The monoisotopic (exact) mass is 278 g/mol. The Morgan fingerprint density at radius 2 is 1.83 bits per heavy atom. The number of aliphatic hydroxyl groups is 1. The lowest BCUT2D eigenvalue weighted by Crippen LogP contribution is -2.39. The maximum Gasteiger partial charge on any atom is 0.314 e. The first-order valence-electron chi connectivity index (χ1n) is 6.35. The normalized spacial score (nSPS) is 14.9. The molecular formula is C12H26N2O3S. The quantitative estimate of drug-likeness (QED) is 0.650. The van der Waals surface area contributed by atoms with Crippen molar-refractivity contribution in [3.8, 4) is 0 Å². The number of hydrogen-bond acceptors (Lipinski definition) is 3. The summed E-state index contributed by atoms with van der Waals surface area (Å²) in [6.07, 6.45) is 0.879. The van der Waals surface area contributed by atoms with Crippen LogP contribution >= 0.6 is 0 Å². The predicted molar refractivity (Wildman–Crippen MR) is 75.1 cm³/mol. The molecule has 0 bridgehead atoms. The maximum atomic E-state index is 11.7. The third-order valence-electron chi connectivity index (χ3n) is 2.49. The zero-order chi connectivity index (χ0) is 14.2. The Labute approximate surface area is 112 Å². The van der Waals surface area contributed by atoms with Gasteiger partial charge < -0.3 is 15.7 Å². The molecule has 0 aromatic rings. The summed E-state index contributed by atoms with van der Waals surface area (Å²) in [6.45, 7) is 8.47. The van der Waals surface area contributed by atoms with Crippen molar-refractivity contribution in [3.05, 3.63) is 0 Å². The minimum Gasteiger partial charge on any atom is -0.393 e. The highest BCUT2D eigenvalue weighted by molar-refractivity contribution is 7.86. The Hall–Kier alpha value is -0.620. The molecule has 3 N–H and O–H groups in total. The van der Waals surface area contributed by atoms with Gasteiger partial charge in [-0.25, -0.2) is 4.79 Å². The van der Waals surface area contributed by atoms with Crippen LogP contribution in [0.3, 0.4) is 0 Å². The molecular weight excluding hydrogens is 252 g/mol. The molecule has 2 atom stereocenters. The first-order chi connectivity index (χ1) is 8.27. The fourth-order valence-electron chi connectivity index (χ4n) is 1.18. The largest absolute Gasteiger partial charge is 0.393 e. The number of aliphatic hydroxyl groups excluding tert-OH is 1. The van der Waals surface area contributed by atoms with E-state index in [1.165, 1.54) is 0 Å². The van der Waals surface area contributed by atoms with E-state index in [0.717, 1.165) is 0 Å². The summed E-state index contributed by atoms with van der Waals surface area (Å²) in [5, 5.41) is 14.6. The Bertz CT molecular complexity index is 277. The van der Waals surface area contributed by atoms with E-state index < -0.39 is 10.8 Å². The van der Waals surface area contributed by atoms with Gasteiger partial charge in [0.15, 0.2) is 0 Å². The number of rotatable bonds is 7. The molecule has 0 rings (SSSR count). The lowest BCUT2D eigenvalue weighted by Gasteiger charge is -2.17. The molecule has 0 saturated carbocycles. The van der Waals surface area contributed by atoms with Crippen LogP contribution in [0.5, 0.6) is 0 Å². The molecule has 0 aliphatic heterocycles. The SMILES string of the molecule is CCC(O)CCNC(=O)NCCS(=O)C(C)(C)C. The fourth-order valence-corrected chi connectivity index (χ4v) is 2.08. The van der Waals surface area contributed by atoms with Crippen LogP contribution in [0.15, 0.2) is 0 Å². The van der Waals surface area contributed by atoms with Gasteiger partial charge in [0.2, 0.25) is 0 Å². The molecule has 2 amide bonds. The molecule has 0 fully saturated rings. The summed E-state index contributed by atoms with van der Waals surface area (Å²) in [5.41, 5.74) is 0. The highest BCUT2D eigenvalue weighted by atomic mass is 32.2. The first kappa shape index (κ1) is 17.4. The molecule has 5 nitrogen and oxygen atoms in total. The summed E-state index contributed by atoms with van der Waals surface area (Å²) < 4.78 is 11.4. The third kappa shape index (κ3) is 8.47. The van der Waals surface area contributed by atoms with E-state index in [-0.39, 0.29) is 16.9 Å². The molecule has 6 heteroatoms. The standard InChI is InChI=1S/C12H26N2O3S/c1-5-10(15)6-7-13-11(16)14-8-9-18(17)12(2,3)4/h10,15H,5-9H2,1-4H3,(H2,13,14,16). The second kappa shape index (κ2) is 8.48. The lowest BCUT2D eigenvalue weighted by atomic mass is 10.2. The van der Waals surface area contributed by atoms with Crippen LogP contribution in [0.4, 0.5) is 4.79 Å². The molecule has 0 spiro atoms. The van der Waals surface area contributed by atoms with Crippen molar-refractivity contribution in [2.75, 3.05) is 18.8 Å². The predicted octanol–water partition coefficient (Wildman–Crippen LogP) is 0.994. The molecule has 18 heavy (non-hydrogen) atoms. The Morgan fingerprint density at radius 1 is 1.28 bits per heavy atom. The van der Waals surface area contributed by atoms with Crippen molar-refractivity contribution in [2.45, 2.75) is 51.4 Å². The molecule has 0 aliphatic rings. The van der Waals surface area contributed by atoms with Crippen LogP contribution in [0.25, 0.3) is 0 Å². The van der Waals surface area contributed by atoms with Gasteiger partial charge in [-0.05, 0) is 33.6 Å². The van der Waals surface area contributed by atoms with Crippen LogP contribution in [-0.2, 0) is 10.8 Å².